The van der Waals surface area contributed by atoms with Gasteiger partial charge in [-0.1, -0.05) is 73.2 Å². The van der Waals surface area contributed by atoms with E-state index in [-0.39, 0.29) is 5.91 Å². The summed E-state index contributed by atoms with van der Waals surface area (Å²) < 4.78 is 11.9. The molecule has 3 aromatic rings. The number of aryl methyl sites for hydroxylation is 2. The van der Waals surface area contributed by atoms with Crippen LogP contribution in [-0.4, -0.2) is 37.2 Å². The van der Waals surface area contributed by atoms with Crippen LogP contribution in [-0.2, 0) is 35.3 Å². The molecule has 0 saturated heterocycles. The minimum absolute atomic E-state index is 0.120. The molecule has 0 spiro atoms. The second kappa shape index (κ2) is 11.2. The maximum Gasteiger partial charge on any atom is 0.227 e. The third-order valence-corrected chi connectivity index (χ3v) is 6.11. The first-order valence-electron chi connectivity index (χ1n) is 11.8. The molecule has 3 aromatic carbocycles. The number of benzene rings is 3. The van der Waals surface area contributed by atoms with E-state index in [9.17, 15) is 4.79 Å². The zero-order chi connectivity index (χ0) is 23.0. The van der Waals surface area contributed by atoms with E-state index in [0.29, 0.717) is 39.3 Å². The molecule has 0 radical (unpaired) electrons. The van der Waals surface area contributed by atoms with Gasteiger partial charge in [-0.3, -0.25) is 4.79 Å². The van der Waals surface area contributed by atoms with E-state index in [0.717, 1.165) is 29.7 Å². The smallest absolute Gasteiger partial charge is 0.227 e. The lowest BCUT2D eigenvalue weighted by Gasteiger charge is -2.24. The minimum atomic E-state index is 0.120. The quantitative estimate of drug-likeness (QED) is 0.563. The number of amides is 1. The highest BCUT2D eigenvalue weighted by Gasteiger charge is 2.16. The van der Waals surface area contributed by atoms with E-state index >= 15 is 0 Å². The fourth-order valence-corrected chi connectivity index (χ4v) is 4.18. The van der Waals surface area contributed by atoms with Gasteiger partial charge in [0, 0.05) is 19.5 Å². The standard InChI is InChI=1S/C29H33NO3/c1-3-23-11-12-28-27(18-23)19-25-5-4-6-26(17-25)21-30(13-14-32-15-16-33-28)29(31)20-24-9-7-22(2)8-10-24/h4-12,17-18H,3,13-16,19-21H2,1-2H3. The summed E-state index contributed by atoms with van der Waals surface area (Å²) in [5, 5.41) is 0. The summed E-state index contributed by atoms with van der Waals surface area (Å²) >= 11 is 0. The van der Waals surface area contributed by atoms with Gasteiger partial charge < -0.3 is 14.4 Å². The number of carbonyl (C=O) groups is 1. The molecule has 4 heteroatoms. The van der Waals surface area contributed by atoms with Gasteiger partial charge in [0.15, 0.2) is 0 Å². The molecule has 0 aromatic heterocycles. The molecule has 172 valence electrons. The van der Waals surface area contributed by atoms with Crippen LogP contribution in [0.5, 0.6) is 5.75 Å². The van der Waals surface area contributed by atoms with Crippen LogP contribution in [0.4, 0.5) is 0 Å². The number of hydrogen-bond donors (Lipinski definition) is 0. The van der Waals surface area contributed by atoms with Crippen molar-refractivity contribution in [2.45, 2.75) is 39.7 Å². The van der Waals surface area contributed by atoms with Gasteiger partial charge in [-0.25, -0.2) is 0 Å². The number of carbonyl (C=O) groups excluding carboxylic acids is 1. The Morgan fingerprint density at radius 2 is 1.70 bits per heavy atom. The van der Waals surface area contributed by atoms with Crippen LogP contribution in [0.15, 0.2) is 66.7 Å². The van der Waals surface area contributed by atoms with E-state index in [1.807, 2.05) is 17.0 Å². The predicted molar refractivity (Wildman–Crippen MR) is 132 cm³/mol. The Morgan fingerprint density at radius 1 is 0.909 bits per heavy atom. The largest absolute Gasteiger partial charge is 0.491 e. The molecule has 1 amide bonds. The van der Waals surface area contributed by atoms with Crippen LogP contribution in [0.1, 0.15) is 40.3 Å². The Labute approximate surface area is 197 Å². The lowest BCUT2D eigenvalue weighted by molar-refractivity contribution is -0.131. The Hall–Kier alpha value is -3.11. The van der Waals surface area contributed by atoms with E-state index in [1.165, 1.54) is 22.3 Å². The Morgan fingerprint density at radius 3 is 2.52 bits per heavy atom. The van der Waals surface area contributed by atoms with Gasteiger partial charge in [0.1, 0.15) is 12.4 Å². The fourth-order valence-electron chi connectivity index (χ4n) is 4.18. The minimum Gasteiger partial charge on any atom is -0.491 e. The highest BCUT2D eigenvalue weighted by atomic mass is 16.5. The highest BCUT2D eigenvalue weighted by molar-refractivity contribution is 5.78. The van der Waals surface area contributed by atoms with Gasteiger partial charge in [-0.05, 0) is 47.2 Å². The van der Waals surface area contributed by atoms with Crippen molar-refractivity contribution in [3.05, 3.63) is 100 Å². The normalized spacial score (nSPS) is 14.7. The molecule has 0 fully saturated rings. The van der Waals surface area contributed by atoms with Crippen molar-refractivity contribution < 1.29 is 14.3 Å². The number of hydrogen-bond acceptors (Lipinski definition) is 3. The van der Waals surface area contributed by atoms with Crippen LogP contribution in [0.2, 0.25) is 0 Å². The van der Waals surface area contributed by atoms with Crippen LogP contribution in [0.3, 0.4) is 0 Å². The Kier molecular flexibility index (Phi) is 7.79. The van der Waals surface area contributed by atoms with Crippen LogP contribution >= 0.6 is 0 Å². The number of nitrogens with zero attached hydrogens (tertiary/aromatic N) is 1. The highest BCUT2D eigenvalue weighted by Crippen LogP contribution is 2.25. The monoisotopic (exact) mass is 443 g/mol. The summed E-state index contributed by atoms with van der Waals surface area (Å²) in [5.41, 5.74) is 7.09. The Bertz CT molecular complexity index is 1070. The maximum atomic E-state index is 13.2. The zero-order valence-corrected chi connectivity index (χ0v) is 19.7. The third kappa shape index (κ3) is 6.45. The van der Waals surface area contributed by atoms with Gasteiger partial charge in [0.05, 0.1) is 19.6 Å². The van der Waals surface area contributed by atoms with E-state index in [1.54, 1.807) is 0 Å². The molecule has 1 heterocycles. The van der Waals surface area contributed by atoms with E-state index < -0.39 is 0 Å². The van der Waals surface area contributed by atoms with Gasteiger partial charge >= 0.3 is 0 Å². The second-order valence-corrected chi connectivity index (χ2v) is 8.73. The molecule has 0 atom stereocenters. The average molecular weight is 444 g/mol. The average Bonchev–Trinajstić information content (AvgIpc) is 2.82. The molecule has 33 heavy (non-hydrogen) atoms. The topological polar surface area (TPSA) is 38.8 Å². The molecular weight excluding hydrogens is 410 g/mol. The first-order chi connectivity index (χ1) is 16.1. The number of fused-ring (bicyclic) bond motifs is 3. The molecule has 2 bridgehead atoms. The Balaban J connectivity index is 1.56. The number of rotatable bonds is 3. The summed E-state index contributed by atoms with van der Waals surface area (Å²) in [6.45, 7) is 6.86. The summed E-state index contributed by atoms with van der Waals surface area (Å²) in [7, 11) is 0. The zero-order valence-electron chi connectivity index (χ0n) is 19.7. The van der Waals surface area contributed by atoms with Crippen molar-refractivity contribution in [2.24, 2.45) is 0 Å². The van der Waals surface area contributed by atoms with Crippen molar-refractivity contribution in [3.63, 3.8) is 0 Å². The first kappa shape index (κ1) is 23.1. The molecule has 0 unspecified atom stereocenters. The molecule has 0 aliphatic carbocycles. The molecule has 4 rings (SSSR count). The molecule has 0 N–H and O–H groups in total. The van der Waals surface area contributed by atoms with Crippen LogP contribution < -0.4 is 4.74 Å². The van der Waals surface area contributed by atoms with Gasteiger partial charge in [-0.2, -0.15) is 0 Å². The molecule has 0 saturated carbocycles. The predicted octanol–water partition coefficient (Wildman–Crippen LogP) is 5.13. The van der Waals surface area contributed by atoms with Crippen molar-refractivity contribution in [1.82, 2.24) is 4.90 Å². The third-order valence-electron chi connectivity index (χ3n) is 6.11. The summed E-state index contributed by atoms with van der Waals surface area (Å²) in [6.07, 6.45) is 2.19. The van der Waals surface area contributed by atoms with Crippen molar-refractivity contribution in [3.8, 4) is 5.75 Å². The lowest BCUT2D eigenvalue weighted by atomic mass is 9.99. The van der Waals surface area contributed by atoms with Crippen molar-refractivity contribution in [2.75, 3.05) is 26.4 Å². The van der Waals surface area contributed by atoms with Crippen molar-refractivity contribution in [1.29, 1.82) is 0 Å². The number of ether oxygens (including phenoxy) is 2. The SMILES string of the molecule is CCc1ccc2c(c1)Cc1cccc(c1)CN(C(=O)Cc1ccc(C)cc1)CCOCCO2. The summed E-state index contributed by atoms with van der Waals surface area (Å²) in [4.78, 5) is 15.1. The van der Waals surface area contributed by atoms with Gasteiger partial charge in [0.25, 0.3) is 0 Å². The van der Waals surface area contributed by atoms with Crippen LogP contribution in [0, 0.1) is 6.92 Å². The van der Waals surface area contributed by atoms with Gasteiger partial charge in [-0.15, -0.1) is 0 Å². The first-order valence-corrected chi connectivity index (χ1v) is 11.8. The lowest BCUT2D eigenvalue weighted by Crippen LogP contribution is -2.35. The fraction of sp³-hybridized carbons (Fsp3) is 0.345. The molecule has 4 nitrogen and oxygen atoms in total. The van der Waals surface area contributed by atoms with Crippen molar-refractivity contribution >= 4 is 5.91 Å². The summed E-state index contributed by atoms with van der Waals surface area (Å²) in [6, 6.07) is 23.2. The summed E-state index contributed by atoms with van der Waals surface area (Å²) in [5.74, 6) is 1.04. The van der Waals surface area contributed by atoms with E-state index in [4.69, 9.17) is 9.47 Å². The molecular formula is C29H33NO3. The second-order valence-electron chi connectivity index (χ2n) is 8.73. The van der Waals surface area contributed by atoms with Gasteiger partial charge in [0.2, 0.25) is 5.91 Å². The molecule has 1 aliphatic rings. The van der Waals surface area contributed by atoms with E-state index in [2.05, 4.69) is 68.4 Å². The molecule has 1 aliphatic heterocycles. The van der Waals surface area contributed by atoms with Crippen LogP contribution in [0.25, 0.3) is 0 Å². The maximum absolute atomic E-state index is 13.2.